The molecule has 0 spiro atoms. The minimum Gasteiger partial charge on any atom is -0.303 e. The first-order chi connectivity index (χ1) is 7.65. The predicted octanol–water partition coefficient (Wildman–Crippen LogP) is 0.769. The lowest BCUT2D eigenvalue weighted by Gasteiger charge is -2.04. The molecule has 90 valence electrons. The number of hydrazine groups is 1. The van der Waals surface area contributed by atoms with Crippen molar-refractivity contribution in [3.8, 4) is 0 Å². The van der Waals surface area contributed by atoms with E-state index in [1.54, 1.807) is 4.57 Å². The topological polar surface area (TPSA) is 77.1 Å². The van der Waals surface area contributed by atoms with E-state index >= 15 is 0 Å². The molecule has 0 unspecified atom stereocenters. The Hall–Kier alpha value is -1.14. The molecule has 16 heavy (non-hydrogen) atoms. The van der Waals surface area contributed by atoms with Crippen LogP contribution in [0.25, 0.3) is 0 Å². The summed E-state index contributed by atoms with van der Waals surface area (Å²) in [5.74, 6) is 4.82. The third-order valence-corrected chi connectivity index (χ3v) is 3.30. The number of carbonyl (C=O) groups is 1. The zero-order valence-corrected chi connectivity index (χ0v) is 10.2. The first-order valence-electron chi connectivity index (χ1n) is 5.29. The van der Waals surface area contributed by atoms with E-state index in [9.17, 15) is 9.59 Å². The van der Waals surface area contributed by atoms with Crippen LogP contribution in [0.1, 0.15) is 31.4 Å². The summed E-state index contributed by atoms with van der Waals surface area (Å²) in [5, 5.41) is 1.87. The van der Waals surface area contributed by atoms with Crippen molar-refractivity contribution in [3.05, 3.63) is 20.7 Å². The van der Waals surface area contributed by atoms with Gasteiger partial charge in [0, 0.05) is 24.0 Å². The molecule has 3 N–H and O–H groups in total. The minimum absolute atomic E-state index is 0.0946. The van der Waals surface area contributed by atoms with Crippen molar-refractivity contribution in [2.75, 3.05) is 0 Å². The number of aryl methyl sites for hydroxylation is 1. The number of unbranched alkanes of at least 4 members (excludes halogenated alkanes) is 2. The molecule has 1 heterocycles. The molecule has 0 saturated heterocycles. The Morgan fingerprint density at radius 3 is 2.81 bits per heavy atom. The second kappa shape index (κ2) is 6.44. The number of hydrogen-bond donors (Lipinski definition) is 2. The SMILES string of the molecule is Cc1csc(=O)n1CCCCCC(=O)NN. The summed E-state index contributed by atoms with van der Waals surface area (Å²) in [5.41, 5.74) is 3.10. The van der Waals surface area contributed by atoms with E-state index in [1.807, 2.05) is 12.3 Å². The average Bonchev–Trinajstić information content (AvgIpc) is 2.59. The number of amides is 1. The van der Waals surface area contributed by atoms with Crippen LogP contribution in [-0.2, 0) is 11.3 Å². The van der Waals surface area contributed by atoms with Crippen LogP contribution in [-0.4, -0.2) is 10.5 Å². The van der Waals surface area contributed by atoms with Crippen LogP contribution in [0.5, 0.6) is 0 Å². The van der Waals surface area contributed by atoms with Crippen molar-refractivity contribution in [3.63, 3.8) is 0 Å². The molecule has 1 aromatic rings. The molecule has 1 aromatic heterocycles. The lowest BCUT2D eigenvalue weighted by atomic mass is 10.2. The van der Waals surface area contributed by atoms with Gasteiger partial charge < -0.3 is 4.57 Å². The van der Waals surface area contributed by atoms with Gasteiger partial charge in [-0.25, -0.2) is 5.84 Å². The number of nitrogens with two attached hydrogens (primary N) is 1. The summed E-state index contributed by atoms with van der Waals surface area (Å²) in [6, 6.07) is 0. The van der Waals surface area contributed by atoms with Gasteiger partial charge in [-0.05, 0) is 19.8 Å². The van der Waals surface area contributed by atoms with Crippen LogP contribution < -0.4 is 16.1 Å². The zero-order chi connectivity index (χ0) is 12.0. The van der Waals surface area contributed by atoms with Gasteiger partial charge in [-0.15, -0.1) is 0 Å². The molecular weight excluding hydrogens is 226 g/mol. The van der Waals surface area contributed by atoms with E-state index in [-0.39, 0.29) is 10.8 Å². The summed E-state index contributed by atoms with van der Waals surface area (Å²) >= 11 is 1.23. The number of hydrogen-bond acceptors (Lipinski definition) is 4. The van der Waals surface area contributed by atoms with Crippen LogP contribution in [0.4, 0.5) is 0 Å². The van der Waals surface area contributed by atoms with Gasteiger partial charge in [-0.1, -0.05) is 17.8 Å². The molecule has 0 atom stereocenters. The number of aromatic nitrogens is 1. The van der Waals surface area contributed by atoms with Crippen molar-refractivity contribution in [1.82, 2.24) is 9.99 Å². The Kier molecular flexibility index (Phi) is 5.21. The quantitative estimate of drug-likeness (QED) is 0.335. The van der Waals surface area contributed by atoms with Gasteiger partial charge in [-0.2, -0.15) is 0 Å². The standard InChI is InChI=1S/C10H17N3O2S/c1-8-7-16-10(15)13(8)6-4-2-3-5-9(14)12-11/h7H,2-6,11H2,1H3,(H,12,14). The van der Waals surface area contributed by atoms with Gasteiger partial charge in [0.05, 0.1) is 0 Å². The van der Waals surface area contributed by atoms with Gasteiger partial charge >= 0.3 is 4.87 Å². The van der Waals surface area contributed by atoms with Crippen molar-refractivity contribution >= 4 is 17.2 Å². The van der Waals surface area contributed by atoms with E-state index in [4.69, 9.17) is 5.84 Å². The highest BCUT2D eigenvalue weighted by atomic mass is 32.1. The number of rotatable bonds is 6. The third-order valence-electron chi connectivity index (χ3n) is 2.42. The Morgan fingerprint density at radius 2 is 2.25 bits per heavy atom. The number of thiazole rings is 1. The Balaban J connectivity index is 2.21. The highest BCUT2D eigenvalue weighted by Gasteiger charge is 2.02. The molecule has 5 nitrogen and oxygen atoms in total. The summed E-state index contributed by atoms with van der Waals surface area (Å²) < 4.78 is 1.77. The van der Waals surface area contributed by atoms with Crippen LogP contribution in [0.2, 0.25) is 0 Å². The molecule has 0 fully saturated rings. The predicted molar refractivity (Wildman–Crippen MR) is 64.1 cm³/mol. The normalized spacial score (nSPS) is 10.4. The Morgan fingerprint density at radius 1 is 1.50 bits per heavy atom. The fourth-order valence-corrected chi connectivity index (χ4v) is 2.24. The lowest BCUT2D eigenvalue weighted by molar-refractivity contribution is -0.121. The van der Waals surface area contributed by atoms with Crippen LogP contribution in [0.15, 0.2) is 10.2 Å². The number of nitrogens with zero attached hydrogens (tertiary/aromatic N) is 1. The van der Waals surface area contributed by atoms with Crippen molar-refractivity contribution in [2.45, 2.75) is 39.2 Å². The molecule has 1 rings (SSSR count). The lowest BCUT2D eigenvalue weighted by Crippen LogP contribution is -2.29. The summed E-state index contributed by atoms with van der Waals surface area (Å²) in [6.45, 7) is 2.66. The van der Waals surface area contributed by atoms with Crippen molar-refractivity contribution in [2.24, 2.45) is 5.84 Å². The first-order valence-corrected chi connectivity index (χ1v) is 6.17. The number of carbonyl (C=O) groups excluding carboxylic acids is 1. The molecule has 6 heteroatoms. The summed E-state index contributed by atoms with van der Waals surface area (Å²) in [7, 11) is 0. The molecule has 0 bridgehead atoms. The molecule has 0 aromatic carbocycles. The fraction of sp³-hybridized carbons (Fsp3) is 0.600. The maximum atomic E-state index is 11.4. The van der Waals surface area contributed by atoms with Crippen LogP contribution in [0, 0.1) is 6.92 Å². The van der Waals surface area contributed by atoms with Gasteiger partial charge in [0.2, 0.25) is 5.91 Å². The largest absolute Gasteiger partial charge is 0.307 e. The number of nitrogens with one attached hydrogen (secondary N) is 1. The van der Waals surface area contributed by atoms with Gasteiger partial charge in [0.1, 0.15) is 0 Å². The highest BCUT2D eigenvalue weighted by Crippen LogP contribution is 2.05. The average molecular weight is 243 g/mol. The Bertz CT molecular complexity index is 397. The molecule has 0 radical (unpaired) electrons. The van der Waals surface area contributed by atoms with E-state index in [0.717, 1.165) is 31.5 Å². The van der Waals surface area contributed by atoms with Gasteiger partial charge in [-0.3, -0.25) is 15.0 Å². The first kappa shape index (κ1) is 12.9. The molecule has 0 aliphatic rings. The third kappa shape index (κ3) is 3.79. The summed E-state index contributed by atoms with van der Waals surface area (Å²) in [6.07, 6.45) is 3.10. The van der Waals surface area contributed by atoms with Crippen LogP contribution >= 0.6 is 11.3 Å². The van der Waals surface area contributed by atoms with E-state index in [2.05, 4.69) is 5.43 Å². The summed E-state index contributed by atoms with van der Waals surface area (Å²) in [4.78, 5) is 22.3. The van der Waals surface area contributed by atoms with Crippen molar-refractivity contribution in [1.29, 1.82) is 0 Å². The molecule has 0 aliphatic heterocycles. The van der Waals surface area contributed by atoms with E-state index in [1.165, 1.54) is 11.3 Å². The van der Waals surface area contributed by atoms with E-state index < -0.39 is 0 Å². The van der Waals surface area contributed by atoms with Gasteiger partial charge in [0.25, 0.3) is 0 Å². The second-order valence-corrected chi connectivity index (χ2v) is 4.49. The van der Waals surface area contributed by atoms with Gasteiger partial charge in [0.15, 0.2) is 0 Å². The molecule has 1 amide bonds. The maximum absolute atomic E-state index is 11.4. The Labute approximate surface area is 98.2 Å². The zero-order valence-electron chi connectivity index (χ0n) is 9.36. The molecular formula is C10H17N3O2S. The monoisotopic (exact) mass is 243 g/mol. The van der Waals surface area contributed by atoms with Crippen molar-refractivity contribution < 1.29 is 4.79 Å². The molecule has 0 aliphatic carbocycles. The fourth-order valence-electron chi connectivity index (χ4n) is 1.48. The van der Waals surface area contributed by atoms with Crippen LogP contribution in [0.3, 0.4) is 0 Å². The molecule has 0 saturated carbocycles. The minimum atomic E-state index is -0.135. The smallest absolute Gasteiger partial charge is 0.303 e. The maximum Gasteiger partial charge on any atom is 0.307 e. The second-order valence-electron chi connectivity index (χ2n) is 3.67. The van der Waals surface area contributed by atoms with E-state index in [0.29, 0.717) is 6.42 Å². The highest BCUT2D eigenvalue weighted by molar-refractivity contribution is 7.07.